The van der Waals surface area contributed by atoms with Crippen LogP contribution in [-0.4, -0.2) is 42.1 Å². The summed E-state index contributed by atoms with van der Waals surface area (Å²) in [5, 5.41) is 4.12. The molecule has 2 amide bonds. The van der Waals surface area contributed by atoms with Crippen molar-refractivity contribution in [3.8, 4) is 0 Å². The third kappa shape index (κ3) is 18.8. The van der Waals surface area contributed by atoms with Crippen molar-refractivity contribution in [1.29, 1.82) is 0 Å². The Hall–Kier alpha value is -3.03. The van der Waals surface area contributed by atoms with Crippen molar-refractivity contribution in [1.82, 2.24) is 9.88 Å². The van der Waals surface area contributed by atoms with Gasteiger partial charge < -0.3 is 15.4 Å². The molecule has 2 aromatic carbocycles. The van der Waals surface area contributed by atoms with Gasteiger partial charge in [0.1, 0.15) is 6.79 Å². The van der Waals surface area contributed by atoms with Gasteiger partial charge in [0.25, 0.3) is 0 Å². The van der Waals surface area contributed by atoms with Gasteiger partial charge >= 0.3 is 0 Å². The van der Waals surface area contributed by atoms with E-state index < -0.39 is 0 Å². The molecule has 0 bridgehead atoms. The van der Waals surface area contributed by atoms with Crippen molar-refractivity contribution < 1.29 is 14.4 Å². The molecule has 39 heavy (non-hydrogen) atoms. The second kappa shape index (κ2) is 25.3. The second-order valence-electron chi connectivity index (χ2n) is 8.18. The van der Waals surface area contributed by atoms with Gasteiger partial charge in [0.05, 0.1) is 5.01 Å². The van der Waals surface area contributed by atoms with E-state index in [-0.39, 0.29) is 5.91 Å². The smallest absolute Gasteiger partial charge is 0.214 e. The summed E-state index contributed by atoms with van der Waals surface area (Å²) in [5.41, 5.74) is 8.45. The van der Waals surface area contributed by atoms with Crippen LogP contribution in [0.1, 0.15) is 75.1 Å². The number of piperidine rings is 1. The van der Waals surface area contributed by atoms with Crippen LogP contribution in [0, 0.1) is 6.92 Å². The lowest BCUT2D eigenvalue weighted by Gasteiger charge is -2.27. The highest BCUT2D eigenvalue weighted by Gasteiger charge is 2.20. The van der Waals surface area contributed by atoms with Gasteiger partial charge in [-0.25, -0.2) is 4.98 Å². The quantitative estimate of drug-likeness (QED) is 0.331. The Labute approximate surface area is 244 Å². The summed E-state index contributed by atoms with van der Waals surface area (Å²) in [6.07, 6.45) is 7.07. The van der Waals surface area contributed by atoms with Crippen LogP contribution < -0.4 is 5.73 Å². The SMILES string of the molecule is C=O.CC.CC(N)=O.CCc1ccc(C)cc1.CCc1ccccc1Cl.O=CN1CCC(c2nccs2)CC1. The van der Waals surface area contributed by atoms with Crippen molar-refractivity contribution in [2.75, 3.05) is 13.1 Å². The van der Waals surface area contributed by atoms with Crippen molar-refractivity contribution in [2.24, 2.45) is 5.73 Å². The number of nitrogens with zero attached hydrogens (tertiary/aromatic N) is 2. The fraction of sp³-hybridized carbons (Fsp3) is 0.419. The zero-order valence-electron chi connectivity index (χ0n) is 24.4. The molecule has 0 saturated carbocycles. The number of nitrogens with two attached hydrogens (primary N) is 1. The molecule has 3 aromatic rings. The van der Waals surface area contributed by atoms with Crippen LogP contribution in [-0.2, 0) is 27.2 Å². The molecule has 1 aliphatic rings. The maximum absolute atomic E-state index is 10.5. The Morgan fingerprint density at radius 2 is 1.62 bits per heavy atom. The highest BCUT2D eigenvalue weighted by Crippen LogP contribution is 2.28. The largest absolute Gasteiger partial charge is 0.370 e. The number of amides is 2. The highest BCUT2D eigenvalue weighted by molar-refractivity contribution is 7.09. The maximum Gasteiger partial charge on any atom is 0.214 e. The van der Waals surface area contributed by atoms with Gasteiger partial charge in [-0.2, -0.15) is 0 Å². The van der Waals surface area contributed by atoms with Gasteiger partial charge in [0.15, 0.2) is 0 Å². The number of rotatable bonds is 4. The van der Waals surface area contributed by atoms with Gasteiger partial charge in [-0.05, 0) is 49.8 Å². The third-order valence-electron chi connectivity index (χ3n) is 5.35. The van der Waals surface area contributed by atoms with E-state index in [1.165, 1.54) is 28.6 Å². The van der Waals surface area contributed by atoms with Crippen LogP contribution in [0.5, 0.6) is 0 Å². The van der Waals surface area contributed by atoms with E-state index in [1.807, 2.05) is 61.4 Å². The normalized spacial score (nSPS) is 11.6. The van der Waals surface area contributed by atoms with Crippen LogP contribution in [0.25, 0.3) is 0 Å². The lowest BCUT2D eigenvalue weighted by atomic mass is 9.98. The van der Waals surface area contributed by atoms with Gasteiger partial charge in [0.2, 0.25) is 12.3 Å². The number of benzene rings is 2. The number of likely N-dealkylation sites (tertiary alicyclic amines) is 1. The lowest BCUT2D eigenvalue weighted by molar-refractivity contribution is -0.119. The summed E-state index contributed by atoms with van der Waals surface area (Å²) in [5.74, 6) is 0.246. The summed E-state index contributed by atoms with van der Waals surface area (Å²) in [7, 11) is 0. The first kappa shape index (κ1) is 38.1. The van der Waals surface area contributed by atoms with Gasteiger partial charge in [0, 0.05) is 42.5 Å². The molecule has 0 spiro atoms. The number of primary amides is 1. The number of aromatic nitrogens is 1. The zero-order chi connectivity index (χ0) is 30.1. The van der Waals surface area contributed by atoms with Crippen LogP contribution in [0.3, 0.4) is 0 Å². The number of carbonyl (C=O) groups excluding carboxylic acids is 3. The van der Waals surface area contributed by atoms with Crippen LogP contribution in [0.2, 0.25) is 5.02 Å². The minimum absolute atomic E-state index is 0.333. The molecule has 2 N–H and O–H groups in total. The molecule has 1 aliphatic heterocycles. The molecule has 0 radical (unpaired) electrons. The Morgan fingerprint density at radius 1 is 1.08 bits per heavy atom. The monoisotopic (exact) mass is 575 g/mol. The number of hydrogen-bond acceptors (Lipinski definition) is 5. The summed E-state index contributed by atoms with van der Waals surface area (Å²) in [6.45, 7) is 15.5. The Kier molecular flexibility index (Phi) is 24.7. The Morgan fingerprint density at radius 3 is 2.00 bits per heavy atom. The van der Waals surface area contributed by atoms with Crippen LogP contribution in [0.4, 0.5) is 0 Å². The predicted octanol–water partition coefficient (Wildman–Crippen LogP) is 7.27. The first-order valence-corrected chi connectivity index (χ1v) is 14.5. The van der Waals surface area contributed by atoms with E-state index in [0.717, 1.165) is 50.2 Å². The van der Waals surface area contributed by atoms with E-state index in [2.05, 4.69) is 55.8 Å². The molecule has 0 unspecified atom stereocenters. The number of thiazole rings is 1. The first-order valence-electron chi connectivity index (χ1n) is 13.2. The van der Waals surface area contributed by atoms with E-state index in [9.17, 15) is 9.59 Å². The molecule has 0 aliphatic carbocycles. The van der Waals surface area contributed by atoms with E-state index in [0.29, 0.717) is 5.92 Å². The number of halogens is 1. The minimum Gasteiger partial charge on any atom is -0.370 e. The summed E-state index contributed by atoms with van der Waals surface area (Å²) in [4.78, 5) is 33.8. The average Bonchev–Trinajstić information content (AvgIpc) is 3.52. The molecular weight excluding hydrogens is 530 g/mol. The fourth-order valence-electron chi connectivity index (χ4n) is 3.30. The Bertz CT molecular complexity index is 987. The fourth-order valence-corrected chi connectivity index (χ4v) is 4.38. The Balaban J connectivity index is 0. The molecule has 1 fully saturated rings. The predicted molar refractivity (Wildman–Crippen MR) is 166 cm³/mol. The topological polar surface area (TPSA) is 93.4 Å². The summed E-state index contributed by atoms with van der Waals surface area (Å²) < 4.78 is 0. The number of carbonyl (C=O) groups is 3. The minimum atomic E-state index is -0.333. The van der Waals surface area contributed by atoms with Crippen molar-refractivity contribution in [2.45, 2.75) is 73.1 Å². The standard InChI is InChI=1S/C9H12N2OS.C9H12.C8H9Cl.C2H5NO.C2H6.CH2O/c12-7-11-4-1-8(2-5-11)9-10-3-6-13-9;1-3-9-6-4-8(2)5-7-9;1-2-7-5-3-4-6-8(7)9;1-2(3)4;2*1-2/h3,6-8H,1-2,4-5H2;4-7H,3H2,1-2H3;3-6H,2H2,1H3;1H3,(H2,3,4);1-2H3;1H2. The third-order valence-corrected chi connectivity index (χ3v) is 6.65. The highest BCUT2D eigenvalue weighted by atomic mass is 35.5. The molecule has 8 heteroatoms. The van der Waals surface area contributed by atoms with Crippen molar-refractivity contribution in [3.63, 3.8) is 0 Å². The molecule has 2 heterocycles. The van der Waals surface area contributed by atoms with Crippen molar-refractivity contribution >= 4 is 42.0 Å². The molecule has 1 aromatic heterocycles. The molecule has 216 valence electrons. The van der Waals surface area contributed by atoms with E-state index in [4.69, 9.17) is 16.4 Å². The number of hydrogen-bond donors (Lipinski definition) is 1. The summed E-state index contributed by atoms with van der Waals surface area (Å²) in [6, 6.07) is 16.6. The van der Waals surface area contributed by atoms with Crippen LogP contribution in [0.15, 0.2) is 60.1 Å². The molecule has 4 rings (SSSR count). The summed E-state index contributed by atoms with van der Waals surface area (Å²) >= 11 is 7.54. The van der Waals surface area contributed by atoms with Gasteiger partial charge in [-0.1, -0.05) is 87.3 Å². The number of aryl methyl sites for hydroxylation is 3. The lowest BCUT2D eigenvalue weighted by Crippen LogP contribution is -2.31. The zero-order valence-corrected chi connectivity index (χ0v) is 25.9. The van der Waals surface area contributed by atoms with E-state index >= 15 is 0 Å². The van der Waals surface area contributed by atoms with Crippen LogP contribution >= 0.6 is 22.9 Å². The second-order valence-corrected chi connectivity index (χ2v) is 9.51. The van der Waals surface area contributed by atoms with Gasteiger partial charge in [-0.15, -0.1) is 11.3 Å². The molecule has 1 saturated heterocycles. The van der Waals surface area contributed by atoms with Crippen molar-refractivity contribution in [3.05, 3.63) is 86.8 Å². The maximum atomic E-state index is 10.5. The molecule has 0 atom stereocenters. The first-order chi connectivity index (χ1) is 18.8. The molecular formula is C31H46ClN3O3S. The molecule has 6 nitrogen and oxygen atoms in total. The average molecular weight is 576 g/mol. The van der Waals surface area contributed by atoms with E-state index in [1.54, 1.807) is 11.3 Å². The van der Waals surface area contributed by atoms with Gasteiger partial charge in [-0.3, -0.25) is 9.59 Å².